The normalized spacial score (nSPS) is 15.0. The molecule has 3 rings (SSSR count). The van der Waals surface area contributed by atoms with Gasteiger partial charge >= 0.3 is 6.03 Å². The second-order valence-corrected chi connectivity index (χ2v) is 6.74. The highest BCUT2D eigenvalue weighted by molar-refractivity contribution is 5.99. The zero-order valence-corrected chi connectivity index (χ0v) is 14.8. The van der Waals surface area contributed by atoms with E-state index in [1.807, 2.05) is 62.4 Å². The molecule has 2 amide bonds. The molecule has 0 aromatic heterocycles. The van der Waals surface area contributed by atoms with Crippen molar-refractivity contribution in [1.29, 1.82) is 0 Å². The second kappa shape index (κ2) is 7.51. The molecule has 4 nitrogen and oxygen atoms in total. The molecule has 1 N–H and O–H groups in total. The fourth-order valence-corrected chi connectivity index (χ4v) is 3.29. The average Bonchev–Trinajstić information content (AvgIpc) is 2.64. The van der Waals surface area contributed by atoms with Crippen LogP contribution in [0.5, 0.6) is 0 Å². The van der Waals surface area contributed by atoms with E-state index in [1.165, 1.54) is 0 Å². The largest absolute Gasteiger partial charge is 0.324 e. The number of carbonyl (C=O) groups is 2. The molecule has 0 atom stereocenters. The number of benzene rings is 2. The number of ketones is 1. The number of hydrogen-bond acceptors (Lipinski definition) is 2. The third-order valence-corrected chi connectivity index (χ3v) is 4.84. The molecule has 4 heteroatoms. The standard InChI is InChI=1S/C21H24N2O2/c1-15-8-9-16(2)19(14-15)20(24)17-10-12-23(13-11-17)21(25)22-18-6-4-3-5-7-18/h3-9,14,17H,10-13H2,1-2H3,(H,22,25). The predicted octanol–water partition coefficient (Wildman–Crippen LogP) is 4.43. The van der Waals surface area contributed by atoms with Crippen molar-refractivity contribution in [2.24, 2.45) is 5.92 Å². The van der Waals surface area contributed by atoms with Crippen molar-refractivity contribution in [1.82, 2.24) is 4.90 Å². The summed E-state index contributed by atoms with van der Waals surface area (Å²) in [6.07, 6.45) is 1.43. The van der Waals surface area contributed by atoms with Gasteiger partial charge in [-0.05, 0) is 50.5 Å². The van der Waals surface area contributed by atoms with E-state index in [0.717, 1.165) is 22.4 Å². The number of likely N-dealkylation sites (tertiary alicyclic amines) is 1. The highest BCUT2D eigenvalue weighted by atomic mass is 16.2. The summed E-state index contributed by atoms with van der Waals surface area (Å²) in [5.41, 5.74) is 3.75. The molecule has 130 valence electrons. The summed E-state index contributed by atoms with van der Waals surface area (Å²) >= 11 is 0. The molecule has 2 aromatic carbocycles. The number of Topliss-reactive ketones (excluding diaryl/α,β-unsaturated/α-hetero) is 1. The van der Waals surface area contributed by atoms with Gasteiger partial charge in [0.05, 0.1) is 0 Å². The maximum absolute atomic E-state index is 12.8. The monoisotopic (exact) mass is 336 g/mol. The smallest absolute Gasteiger partial charge is 0.321 e. The van der Waals surface area contributed by atoms with Crippen LogP contribution in [0.2, 0.25) is 0 Å². The molecular formula is C21H24N2O2. The Kier molecular flexibility index (Phi) is 5.17. The van der Waals surface area contributed by atoms with E-state index in [0.29, 0.717) is 25.9 Å². The van der Waals surface area contributed by atoms with Crippen LogP contribution < -0.4 is 5.32 Å². The SMILES string of the molecule is Cc1ccc(C)c(C(=O)C2CCN(C(=O)Nc3ccccc3)CC2)c1. The molecule has 0 unspecified atom stereocenters. The Hall–Kier alpha value is -2.62. The Morgan fingerprint density at radius 2 is 1.68 bits per heavy atom. The van der Waals surface area contributed by atoms with Gasteiger partial charge in [0.25, 0.3) is 0 Å². The fourth-order valence-electron chi connectivity index (χ4n) is 3.29. The number of rotatable bonds is 3. The van der Waals surface area contributed by atoms with Crippen molar-refractivity contribution in [2.75, 3.05) is 18.4 Å². The Bertz CT molecular complexity index is 763. The summed E-state index contributed by atoms with van der Waals surface area (Å²) < 4.78 is 0. The van der Waals surface area contributed by atoms with Crippen molar-refractivity contribution in [3.63, 3.8) is 0 Å². The van der Waals surface area contributed by atoms with Crippen LogP contribution in [0.3, 0.4) is 0 Å². The molecule has 0 radical (unpaired) electrons. The lowest BCUT2D eigenvalue weighted by Gasteiger charge is -2.31. The molecule has 25 heavy (non-hydrogen) atoms. The van der Waals surface area contributed by atoms with Gasteiger partial charge in [0.15, 0.2) is 5.78 Å². The number of amides is 2. The van der Waals surface area contributed by atoms with Crippen LogP contribution in [-0.4, -0.2) is 29.8 Å². The molecule has 1 saturated heterocycles. The zero-order chi connectivity index (χ0) is 17.8. The highest BCUT2D eigenvalue weighted by Crippen LogP contribution is 2.24. The lowest BCUT2D eigenvalue weighted by molar-refractivity contribution is 0.0858. The maximum Gasteiger partial charge on any atom is 0.321 e. The van der Waals surface area contributed by atoms with Crippen LogP contribution in [0.4, 0.5) is 10.5 Å². The van der Waals surface area contributed by atoms with Gasteiger partial charge in [0, 0.05) is 30.3 Å². The molecule has 1 fully saturated rings. The van der Waals surface area contributed by atoms with Gasteiger partial charge in [-0.2, -0.15) is 0 Å². The van der Waals surface area contributed by atoms with Crippen LogP contribution in [0.1, 0.15) is 34.3 Å². The maximum atomic E-state index is 12.8. The van der Waals surface area contributed by atoms with Gasteiger partial charge in [-0.3, -0.25) is 4.79 Å². The number of nitrogens with zero attached hydrogens (tertiary/aromatic N) is 1. The summed E-state index contributed by atoms with van der Waals surface area (Å²) in [6.45, 7) is 5.21. The molecular weight excluding hydrogens is 312 g/mol. The molecule has 2 aromatic rings. The van der Waals surface area contributed by atoms with Gasteiger partial charge < -0.3 is 10.2 Å². The second-order valence-electron chi connectivity index (χ2n) is 6.74. The Balaban J connectivity index is 1.59. The van der Waals surface area contributed by atoms with Gasteiger partial charge in [0.1, 0.15) is 0 Å². The first-order valence-electron chi connectivity index (χ1n) is 8.77. The van der Waals surface area contributed by atoms with E-state index in [1.54, 1.807) is 4.90 Å². The van der Waals surface area contributed by atoms with Gasteiger partial charge in [0.2, 0.25) is 0 Å². The van der Waals surface area contributed by atoms with E-state index in [-0.39, 0.29) is 17.7 Å². The van der Waals surface area contributed by atoms with E-state index in [2.05, 4.69) is 5.32 Å². The predicted molar refractivity (Wildman–Crippen MR) is 100 cm³/mol. The summed E-state index contributed by atoms with van der Waals surface area (Å²) in [5.74, 6) is 0.214. The lowest BCUT2D eigenvalue weighted by Crippen LogP contribution is -2.42. The minimum Gasteiger partial charge on any atom is -0.324 e. The molecule has 0 spiro atoms. The van der Waals surface area contributed by atoms with Crippen LogP contribution in [0, 0.1) is 19.8 Å². The van der Waals surface area contributed by atoms with E-state index < -0.39 is 0 Å². The van der Waals surface area contributed by atoms with Crippen molar-refractivity contribution in [3.05, 3.63) is 65.2 Å². The average molecular weight is 336 g/mol. The third kappa shape index (κ3) is 4.08. The first kappa shape index (κ1) is 17.2. The molecule has 1 aliphatic rings. The van der Waals surface area contributed by atoms with E-state index in [9.17, 15) is 9.59 Å². The van der Waals surface area contributed by atoms with Crippen molar-refractivity contribution < 1.29 is 9.59 Å². The van der Waals surface area contributed by atoms with Crippen LogP contribution in [-0.2, 0) is 0 Å². The number of nitrogens with one attached hydrogen (secondary N) is 1. The molecule has 1 aliphatic heterocycles. The van der Waals surface area contributed by atoms with Gasteiger partial charge in [-0.1, -0.05) is 35.9 Å². The Morgan fingerprint density at radius 1 is 1.00 bits per heavy atom. The number of aryl methyl sites for hydroxylation is 2. The number of piperidine rings is 1. The minimum absolute atomic E-state index is 0.00118. The summed E-state index contributed by atoms with van der Waals surface area (Å²) in [4.78, 5) is 27.0. The summed E-state index contributed by atoms with van der Waals surface area (Å²) in [7, 11) is 0. The third-order valence-electron chi connectivity index (χ3n) is 4.84. The first-order chi connectivity index (χ1) is 12.0. The topological polar surface area (TPSA) is 49.4 Å². The summed E-state index contributed by atoms with van der Waals surface area (Å²) in [6, 6.07) is 15.4. The van der Waals surface area contributed by atoms with Crippen LogP contribution in [0.25, 0.3) is 0 Å². The number of urea groups is 1. The molecule has 0 bridgehead atoms. The quantitative estimate of drug-likeness (QED) is 0.843. The number of hydrogen-bond donors (Lipinski definition) is 1. The van der Waals surface area contributed by atoms with Gasteiger partial charge in [-0.25, -0.2) is 4.79 Å². The van der Waals surface area contributed by atoms with Crippen molar-refractivity contribution in [3.8, 4) is 0 Å². The number of carbonyl (C=O) groups excluding carboxylic acids is 2. The van der Waals surface area contributed by atoms with Gasteiger partial charge in [-0.15, -0.1) is 0 Å². The first-order valence-corrected chi connectivity index (χ1v) is 8.77. The zero-order valence-electron chi connectivity index (χ0n) is 14.8. The van der Waals surface area contributed by atoms with Crippen molar-refractivity contribution >= 4 is 17.5 Å². The minimum atomic E-state index is -0.0937. The van der Waals surface area contributed by atoms with Crippen molar-refractivity contribution in [2.45, 2.75) is 26.7 Å². The van der Waals surface area contributed by atoms with E-state index in [4.69, 9.17) is 0 Å². The molecule has 0 saturated carbocycles. The molecule has 0 aliphatic carbocycles. The number of anilines is 1. The Morgan fingerprint density at radius 3 is 2.36 bits per heavy atom. The van der Waals surface area contributed by atoms with E-state index >= 15 is 0 Å². The van der Waals surface area contributed by atoms with Crippen LogP contribution >= 0.6 is 0 Å². The summed E-state index contributed by atoms with van der Waals surface area (Å²) in [5, 5.41) is 2.91. The highest BCUT2D eigenvalue weighted by Gasteiger charge is 2.28. The Labute approximate surface area is 148 Å². The number of para-hydroxylation sites is 1. The van der Waals surface area contributed by atoms with Crippen LogP contribution in [0.15, 0.2) is 48.5 Å². The lowest BCUT2D eigenvalue weighted by atomic mass is 9.87. The fraction of sp³-hybridized carbons (Fsp3) is 0.333. The molecule has 1 heterocycles.